The number of hydrogen-bond acceptors (Lipinski definition) is 4. The molecule has 1 unspecified atom stereocenters. The Hall–Kier alpha value is -0.858. The van der Waals surface area contributed by atoms with Crippen LogP contribution in [0.25, 0.3) is 0 Å². The van der Waals surface area contributed by atoms with Gasteiger partial charge in [-0.05, 0) is 5.56 Å². The van der Waals surface area contributed by atoms with Crippen LogP contribution in [0.15, 0.2) is 30.3 Å². The monoisotopic (exact) mass is 280 g/mol. The number of carbonyl (C=O) groups excluding carboxylic acids is 1. The molecule has 1 aromatic rings. The Morgan fingerprint density at radius 1 is 1.21 bits per heavy atom. The molecular formula is C14H21AlO4. The molecule has 1 rings (SSSR count). The summed E-state index contributed by atoms with van der Waals surface area (Å²) in [7, 11) is 0. The standard InChI is InChI=1S/C7H6O2.C4H9O.C3H7O.Al/c8-7(9)6-4-2-1-3-5-6;1-3-4(2)5;1-3(2)4;/h1-5H,(H,8,9);4H,3H2,1-2H3;3H,1-2H3;/q;2*-1;+3/p-1. The summed E-state index contributed by atoms with van der Waals surface area (Å²) in [5.74, 6) is -1.13. The molecule has 0 aliphatic rings. The Bertz CT molecular complexity index is 341. The zero-order valence-corrected chi connectivity index (χ0v) is 13.1. The van der Waals surface area contributed by atoms with E-state index in [9.17, 15) is 9.90 Å². The summed E-state index contributed by atoms with van der Waals surface area (Å²) in [5, 5.41) is 10.1. The van der Waals surface area contributed by atoms with E-state index in [1.807, 2.05) is 13.8 Å². The molecule has 0 aromatic heterocycles. The van der Waals surface area contributed by atoms with Crippen molar-refractivity contribution in [1.82, 2.24) is 0 Å². The van der Waals surface area contributed by atoms with E-state index >= 15 is 0 Å². The van der Waals surface area contributed by atoms with Crippen LogP contribution >= 0.6 is 0 Å². The van der Waals surface area contributed by atoms with Gasteiger partial charge in [0.15, 0.2) is 0 Å². The van der Waals surface area contributed by atoms with Crippen molar-refractivity contribution in [3.8, 4) is 0 Å². The first kappa shape index (κ1) is 18.1. The maximum absolute atomic E-state index is 10.1. The van der Waals surface area contributed by atoms with Gasteiger partial charge in [-0.3, -0.25) is 0 Å². The number of aromatic carboxylic acids is 1. The average molecular weight is 280 g/mol. The molecule has 0 saturated carbocycles. The summed E-state index contributed by atoms with van der Waals surface area (Å²) < 4.78 is 10.6. The molecule has 19 heavy (non-hydrogen) atoms. The molecule has 0 spiro atoms. The van der Waals surface area contributed by atoms with E-state index in [4.69, 9.17) is 7.58 Å². The van der Waals surface area contributed by atoms with Crippen molar-refractivity contribution < 1.29 is 17.5 Å². The van der Waals surface area contributed by atoms with Crippen molar-refractivity contribution >= 4 is 21.9 Å². The number of rotatable bonds is 6. The number of carboxylic acid groups (broad SMARTS) is 1. The van der Waals surface area contributed by atoms with Gasteiger partial charge < -0.3 is 9.90 Å². The van der Waals surface area contributed by atoms with Crippen LogP contribution < -0.4 is 5.11 Å². The van der Waals surface area contributed by atoms with Crippen molar-refractivity contribution in [1.29, 1.82) is 0 Å². The first-order chi connectivity index (χ1) is 8.97. The van der Waals surface area contributed by atoms with E-state index in [0.717, 1.165) is 6.42 Å². The second-order valence-electron chi connectivity index (χ2n) is 4.29. The largest absolute Gasteiger partial charge is 0.545 e. The van der Waals surface area contributed by atoms with Crippen LogP contribution in [0.1, 0.15) is 44.5 Å². The molecule has 0 amide bonds. The van der Waals surface area contributed by atoms with E-state index in [1.165, 1.54) is 12.1 Å². The molecule has 0 saturated heterocycles. The van der Waals surface area contributed by atoms with Crippen LogP contribution in [0.5, 0.6) is 0 Å². The SMILES string of the molecule is CCC(C)[O][Al+][O]C(C)C.O=C([O-])c1ccccc1. The molecule has 1 aromatic carbocycles. The number of benzene rings is 1. The van der Waals surface area contributed by atoms with Gasteiger partial charge >= 0.3 is 69.8 Å². The van der Waals surface area contributed by atoms with Gasteiger partial charge in [0.25, 0.3) is 0 Å². The van der Waals surface area contributed by atoms with Crippen LogP contribution in [-0.2, 0) is 7.58 Å². The fourth-order valence-corrected chi connectivity index (χ4v) is 1.58. The molecule has 5 heteroatoms. The van der Waals surface area contributed by atoms with Crippen molar-refractivity contribution in [3.63, 3.8) is 0 Å². The van der Waals surface area contributed by atoms with Gasteiger partial charge in [0.1, 0.15) is 0 Å². The van der Waals surface area contributed by atoms with E-state index < -0.39 is 5.97 Å². The van der Waals surface area contributed by atoms with Crippen LogP contribution in [0.4, 0.5) is 0 Å². The molecule has 0 heterocycles. The van der Waals surface area contributed by atoms with Crippen molar-refractivity contribution in [2.75, 3.05) is 0 Å². The molecule has 104 valence electrons. The first-order valence-corrected chi connectivity index (χ1v) is 7.30. The normalized spacial score (nSPS) is 11.2. The predicted octanol–water partition coefficient (Wildman–Crippen LogP) is 1.81. The van der Waals surface area contributed by atoms with Crippen LogP contribution in [0.3, 0.4) is 0 Å². The zero-order chi connectivity index (χ0) is 14.7. The first-order valence-electron chi connectivity index (χ1n) is 6.36. The van der Waals surface area contributed by atoms with Gasteiger partial charge in [0.2, 0.25) is 0 Å². The van der Waals surface area contributed by atoms with Crippen molar-refractivity contribution in [3.05, 3.63) is 35.9 Å². The summed E-state index contributed by atoms with van der Waals surface area (Å²) in [4.78, 5) is 10.1. The summed E-state index contributed by atoms with van der Waals surface area (Å²) in [6.45, 7) is 8.22. The zero-order valence-electron chi connectivity index (χ0n) is 12.0. The molecule has 1 atom stereocenters. The Balaban J connectivity index is 0.000000342. The smallest absolute Gasteiger partial charge is 0.0715 e. The van der Waals surface area contributed by atoms with Gasteiger partial charge in [0, 0.05) is 0 Å². The van der Waals surface area contributed by atoms with Crippen molar-refractivity contribution in [2.45, 2.75) is 46.3 Å². The summed E-state index contributed by atoms with van der Waals surface area (Å²) >= 11 is -0.247. The van der Waals surface area contributed by atoms with Gasteiger partial charge in [0.05, 0.1) is 5.97 Å². The summed E-state index contributed by atoms with van der Waals surface area (Å²) in [6, 6.07) is 8.06. The Kier molecular flexibility index (Phi) is 10.5. The van der Waals surface area contributed by atoms with Crippen LogP contribution in [0.2, 0.25) is 0 Å². The second-order valence-corrected chi connectivity index (χ2v) is 5.03. The van der Waals surface area contributed by atoms with E-state index in [2.05, 4.69) is 13.8 Å². The summed E-state index contributed by atoms with van der Waals surface area (Å²) in [6.07, 6.45) is 1.72. The fraction of sp³-hybridized carbons (Fsp3) is 0.500. The van der Waals surface area contributed by atoms with E-state index in [1.54, 1.807) is 18.2 Å². The molecule has 0 aliphatic heterocycles. The van der Waals surface area contributed by atoms with Crippen LogP contribution in [-0.4, -0.2) is 34.1 Å². The quantitative estimate of drug-likeness (QED) is 0.746. The van der Waals surface area contributed by atoms with Gasteiger partial charge in [-0.2, -0.15) is 0 Å². The van der Waals surface area contributed by atoms with E-state index in [-0.39, 0.29) is 21.5 Å². The van der Waals surface area contributed by atoms with Crippen molar-refractivity contribution in [2.24, 2.45) is 0 Å². The number of hydrogen-bond donors (Lipinski definition) is 0. The maximum atomic E-state index is 10.1. The maximum Gasteiger partial charge on any atom is 0.0715 e. The molecule has 4 nitrogen and oxygen atoms in total. The molecule has 0 fully saturated rings. The Morgan fingerprint density at radius 3 is 2.16 bits per heavy atom. The number of carboxylic acids is 1. The van der Waals surface area contributed by atoms with Gasteiger partial charge in [-0.15, -0.1) is 0 Å². The van der Waals surface area contributed by atoms with Crippen LogP contribution in [0, 0.1) is 0 Å². The third kappa shape index (κ3) is 10.7. The van der Waals surface area contributed by atoms with Gasteiger partial charge in [-0.1, -0.05) is 30.3 Å². The minimum atomic E-state index is -1.13. The Labute approximate surface area is 122 Å². The number of carbonyl (C=O) groups is 1. The van der Waals surface area contributed by atoms with E-state index in [0.29, 0.717) is 12.2 Å². The third-order valence-corrected chi connectivity index (χ3v) is 3.43. The predicted molar refractivity (Wildman–Crippen MR) is 73.6 cm³/mol. The molecule has 0 N–H and O–H groups in total. The Morgan fingerprint density at radius 2 is 1.79 bits per heavy atom. The minimum absolute atomic E-state index is 0.220. The second kappa shape index (κ2) is 11.0. The molecule has 0 aliphatic carbocycles. The molecule has 0 bridgehead atoms. The topological polar surface area (TPSA) is 58.6 Å². The van der Waals surface area contributed by atoms with Gasteiger partial charge in [-0.25, -0.2) is 0 Å². The third-order valence-electron chi connectivity index (χ3n) is 2.20. The summed E-state index contributed by atoms with van der Waals surface area (Å²) in [5.41, 5.74) is 0.220. The fourth-order valence-electron chi connectivity index (χ4n) is 0.908. The molecule has 0 radical (unpaired) electrons. The average Bonchev–Trinajstić information content (AvgIpc) is 2.39. The minimum Gasteiger partial charge on any atom is -0.545 e. The molecular weight excluding hydrogens is 259 g/mol.